The molecule has 0 spiro atoms. The van der Waals surface area contributed by atoms with Crippen LogP contribution in [0, 0.1) is 0 Å². The lowest BCUT2D eigenvalue weighted by atomic mass is 10.4. The molecule has 10 nitrogen and oxygen atoms in total. The van der Waals surface area contributed by atoms with E-state index < -0.39 is 65.8 Å². The normalized spacial score (nSPS) is 19.3. The van der Waals surface area contributed by atoms with Crippen LogP contribution >= 0.6 is 7.82 Å². The van der Waals surface area contributed by atoms with Gasteiger partial charge in [0.15, 0.2) is 0 Å². The van der Waals surface area contributed by atoms with Gasteiger partial charge in [0.25, 0.3) is 0 Å². The zero-order valence-electron chi connectivity index (χ0n) is 10.6. The van der Waals surface area contributed by atoms with E-state index in [1.807, 2.05) is 0 Å². The first-order valence-corrected chi connectivity index (χ1v) is 7.15. The molecule has 11 heteroatoms. The van der Waals surface area contributed by atoms with Crippen molar-refractivity contribution in [1.29, 1.82) is 0 Å². The molecular formula is C9H18O10P-3. The zero-order valence-corrected chi connectivity index (χ0v) is 11.5. The first-order chi connectivity index (χ1) is 9.36. The summed E-state index contributed by atoms with van der Waals surface area (Å²) < 4.78 is 25.7. The van der Waals surface area contributed by atoms with E-state index >= 15 is 0 Å². The van der Waals surface area contributed by atoms with Gasteiger partial charge in [-0.2, -0.15) is 6.61 Å². The number of phosphoric acid groups is 1. The summed E-state index contributed by atoms with van der Waals surface area (Å²) in [6, 6.07) is 0. The van der Waals surface area contributed by atoms with Crippen molar-refractivity contribution in [1.82, 2.24) is 0 Å². The molecule has 20 heavy (non-hydrogen) atoms. The van der Waals surface area contributed by atoms with E-state index in [0.717, 1.165) is 0 Å². The van der Waals surface area contributed by atoms with E-state index in [1.54, 1.807) is 0 Å². The van der Waals surface area contributed by atoms with Crippen molar-refractivity contribution >= 4 is 7.82 Å². The van der Waals surface area contributed by atoms with Crippen LogP contribution in [0.4, 0.5) is 0 Å². The van der Waals surface area contributed by atoms with Crippen molar-refractivity contribution in [3.63, 3.8) is 0 Å². The fraction of sp³-hybridized carbons (Fsp3) is 1.00. The van der Waals surface area contributed by atoms with Gasteiger partial charge in [0.05, 0.1) is 25.9 Å². The molecule has 0 fully saturated rings. The Bertz CT molecular complexity index is 245. The SMILES string of the molecule is O=P(OCC([O-])C[O-])(OCC(O)C[O-])OCC(O)CO. The second-order valence-corrected chi connectivity index (χ2v) is 5.45. The van der Waals surface area contributed by atoms with Gasteiger partial charge >= 0.3 is 7.82 Å². The van der Waals surface area contributed by atoms with Gasteiger partial charge in [0.1, 0.15) is 6.10 Å². The van der Waals surface area contributed by atoms with Gasteiger partial charge in [-0.25, -0.2) is 4.57 Å². The van der Waals surface area contributed by atoms with Gasteiger partial charge in [0.2, 0.25) is 0 Å². The minimum Gasteiger partial charge on any atom is -0.855 e. The maximum Gasteiger partial charge on any atom is 0.474 e. The van der Waals surface area contributed by atoms with E-state index in [4.69, 9.17) is 15.3 Å². The summed E-state index contributed by atoms with van der Waals surface area (Å²) in [6.45, 7) is -4.65. The van der Waals surface area contributed by atoms with Gasteiger partial charge in [-0.3, -0.25) is 13.6 Å². The average molecular weight is 317 g/mol. The number of rotatable bonds is 12. The molecule has 0 saturated carbocycles. The molecule has 3 N–H and O–H groups in total. The lowest BCUT2D eigenvalue weighted by molar-refractivity contribution is -0.495. The highest BCUT2D eigenvalue weighted by Gasteiger charge is 2.28. The van der Waals surface area contributed by atoms with Crippen LogP contribution in [0.5, 0.6) is 0 Å². The van der Waals surface area contributed by atoms with Crippen LogP contribution in [0.2, 0.25) is 0 Å². The van der Waals surface area contributed by atoms with Crippen molar-refractivity contribution in [2.24, 2.45) is 0 Å². The summed E-state index contributed by atoms with van der Waals surface area (Å²) in [7, 11) is -4.33. The Morgan fingerprint density at radius 3 is 1.90 bits per heavy atom. The van der Waals surface area contributed by atoms with Crippen molar-refractivity contribution in [3.8, 4) is 0 Å². The van der Waals surface area contributed by atoms with Gasteiger partial charge in [-0.1, -0.05) is 0 Å². The molecule has 0 aromatic heterocycles. The molecule has 0 bridgehead atoms. The van der Waals surface area contributed by atoms with Crippen molar-refractivity contribution in [2.75, 3.05) is 39.6 Å². The van der Waals surface area contributed by atoms with E-state index in [2.05, 4.69) is 13.6 Å². The first-order valence-electron chi connectivity index (χ1n) is 5.69. The van der Waals surface area contributed by atoms with E-state index in [-0.39, 0.29) is 0 Å². The molecule has 122 valence electrons. The molecule has 0 radical (unpaired) electrons. The van der Waals surface area contributed by atoms with E-state index in [9.17, 15) is 19.9 Å². The molecule has 4 atom stereocenters. The maximum atomic E-state index is 12.0. The monoisotopic (exact) mass is 317 g/mol. The summed E-state index contributed by atoms with van der Waals surface area (Å²) in [4.78, 5) is 0. The fourth-order valence-electron chi connectivity index (χ4n) is 0.790. The molecule has 0 aromatic rings. The minimum atomic E-state index is -4.33. The number of aliphatic hydroxyl groups is 3. The van der Waals surface area contributed by atoms with Crippen LogP contribution in [-0.2, 0) is 18.1 Å². The molecule has 0 heterocycles. The Morgan fingerprint density at radius 1 is 0.950 bits per heavy atom. The summed E-state index contributed by atoms with van der Waals surface area (Å²) in [5, 5.41) is 58.0. The largest absolute Gasteiger partial charge is 0.855 e. The summed E-state index contributed by atoms with van der Waals surface area (Å²) in [5.74, 6) is 0. The van der Waals surface area contributed by atoms with Crippen molar-refractivity contribution in [3.05, 3.63) is 0 Å². The summed E-state index contributed by atoms with van der Waals surface area (Å²) in [5.41, 5.74) is 0. The molecule has 0 rings (SSSR count). The van der Waals surface area contributed by atoms with Crippen LogP contribution < -0.4 is 15.3 Å². The van der Waals surface area contributed by atoms with Gasteiger partial charge in [-0.15, -0.1) is 12.7 Å². The topological polar surface area (TPSA) is 175 Å². The second kappa shape index (κ2) is 10.6. The fourth-order valence-corrected chi connectivity index (χ4v) is 2.07. The predicted molar refractivity (Wildman–Crippen MR) is 58.1 cm³/mol. The van der Waals surface area contributed by atoms with E-state index in [1.165, 1.54) is 0 Å². The molecule has 0 amide bonds. The average Bonchev–Trinajstić information content (AvgIpc) is 2.47. The van der Waals surface area contributed by atoms with Gasteiger partial charge in [-0.05, 0) is 0 Å². The smallest absolute Gasteiger partial charge is 0.474 e. The highest BCUT2D eigenvalue weighted by atomic mass is 31.2. The maximum absolute atomic E-state index is 12.0. The predicted octanol–water partition coefficient (Wildman–Crippen LogP) is -4.69. The Labute approximate surface area is 115 Å². The van der Waals surface area contributed by atoms with Crippen LogP contribution in [0.1, 0.15) is 0 Å². The lowest BCUT2D eigenvalue weighted by Gasteiger charge is -2.28. The molecule has 0 aliphatic carbocycles. The number of hydrogen-bond acceptors (Lipinski definition) is 10. The third-order valence-electron chi connectivity index (χ3n) is 1.86. The molecule has 0 aromatic carbocycles. The number of aliphatic hydroxyl groups excluding tert-OH is 3. The van der Waals surface area contributed by atoms with Gasteiger partial charge in [0, 0.05) is 6.61 Å². The second-order valence-electron chi connectivity index (χ2n) is 3.78. The molecular weight excluding hydrogens is 299 g/mol. The Hall–Kier alpha value is -0.130. The minimum absolute atomic E-state index is 0.623. The third-order valence-corrected chi connectivity index (χ3v) is 3.25. The highest BCUT2D eigenvalue weighted by molar-refractivity contribution is 7.48. The van der Waals surface area contributed by atoms with Crippen LogP contribution in [0.15, 0.2) is 0 Å². The Morgan fingerprint density at radius 2 is 1.45 bits per heavy atom. The highest BCUT2D eigenvalue weighted by Crippen LogP contribution is 2.49. The van der Waals surface area contributed by atoms with Gasteiger partial charge < -0.3 is 30.6 Å². The quantitative estimate of drug-likeness (QED) is 0.296. The van der Waals surface area contributed by atoms with Crippen LogP contribution in [0.25, 0.3) is 0 Å². The molecule has 0 saturated heterocycles. The summed E-state index contributed by atoms with van der Waals surface area (Å²) >= 11 is 0. The number of hydrogen-bond donors (Lipinski definition) is 3. The van der Waals surface area contributed by atoms with Crippen molar-refractivity contribution in [2.45, 2.75) is 18.3 Å². The van der Waals surface area contributed by atoms with Crippen molar-refractivity contribution < 1.29 is 48.8 Å². The third kappa shape index (κ3) is 8.93. The van der Waals surface area contributed by atoms with Crippen LogP contribution in [-0.4, -0.2) is 73.3 Å². The molecule has 0 aliphatic rings. The molecule has 0 aliphatic heterocycles. The Kier molecular flexibility index (Phi) is 10.5. The first kappa shape index (κ1) is 19.9. The Balaban J connectivity index is 4.45. The van der Waals surface area contributed by atoms with Crippen LogP contribution in [0.3, 0.4) is 0 Å². The molecule has 4 unspecified atom stereocenters. The zero-order chi connectivity index (χ0) is 15.6. The van der Waals surface area contributed by atoms with E-state index in [0.29, 0.717) is 0 Å². The lowest BCUT2D eigenvalue weighted by Crippen LogP contribution is -2.39. The number of phosphoric ester groups is 1. The summed E-state index contributed by atoms with van der Waals surface area (Å²) in [6.07, 6.45) is -4.51. The standard InChI is InChI=1S/C9H18O10P/c10-1-7(13)4-17-20(16,18-5-8(14)2-11)19-6-9(15)3-12/h7-10,13-14H,1-6H2/q-3.